The maximum Gasteiger partial charge on any atom is 0.203 e. The van der Waals surface area contributed by atoms with Crippen molar-refractivity contribution < 1.29 is 57.8 Å². The zero-order valence-corrected chi connectivity index (χ0v) is 19.0. The molecular formula is C21H26ClNO9. The number of ether oxygens (including phenoxy) is 3. The van der Waals surface area contributed by atoms with Crippen LogP contribution in [-0.2, 0) is 19.4 Å². The number of aromatic hydroxyl groups is 2. The smallest absolute Gasteiger partial charge is 0.203 e. The summed E-state index contributed by atoms with van der Waals surface area (Å²) in [6.45, 7) is 1.61. The molecule has 2 aromatic rings. The second-order valence-electron chi connectivity index (χ2n) is 8.00. The van der Waals surface area contributed by atoms with Crippen LogP contribution in [0.5, 0.6) is 28.7 Å². The summed E-state index contributed by atoms with van der Waals surface area (Å²) in [5, 5.41) is 21.6. The van der Waals surface area contributed by atoms with Gasteiger partial charge in [-0.1, -0.05) is 6.07 Å². The van der Waals surface area contributed by atoms with Crippen molar-refractivity contribution in [3.05, 3.63) is 40.5 Å². The van der Waals surface area contributed by atoms with Gasteiger partial charge in [-0.15, -0.1) is 10.2 Å². The van der Waals surface area contributed by atoms with E-state index in [1.807, 2.05) is 18.2 Å². The third kappa shape index (κ3) is 4.51. The van der Waals surface area contributed by atoms with Gasteiger partial charge < -0.3 is 28.9 Å². The lowest BCUT2D eigenvalue weighted by Gasteiger charge is -2.49. The van der Waals surface area contributed by atoms with Gasteiger partial charge in [0, 0.05) is 12.8 Å². The third-order valence-electron chi connectivity index (χ3n) is 6.24. The van der Waals surface area contributed by atoms with E-state index in [1.54, 1.807) is 21.3 Å². The molecule has 11 heteroatoms. The summed E-state index contributed by atoms with van der Waals surface area (Å²) in [5.41, 5.74) is 4.07. The molecule has 0 bridgehead atoms. The first-order valence-corrected chi connectivity index (χ1v) is 11.0. The number of likely N-dealkylation sites (N-methyl/N-ethyl adjacent to an activating group) is 1. The lowest BCUT2D eigenvalue weighted by atomic mass is 9.81. The number of hydrogen-bond donors (Lipinski definition) is 2. The van der Waals surface area contributed by atoms with Gasteiger partial charge in [0.05, 0.1) is 46.0 Å². The molecule has 0 fully saturated rings. The topological polar surface area (TPSA) is 160 Å². The Morgan fingerprint density at radius 3 is 2.12 bits per heavy atom. The number of phenolic OH excluding ortho intramolecular Hbond substituents is 2. The van der Waals surface area contributed by atoms with Gasteiger partial charge in [-0.25, -0.2) is 18.6 Å². The number of halogens is 1. The number of benzene rings is 2. The maximum atomic E-state index is 11.0. The Morgan fingerprint density at radius 1 is 0.938 bits per heavy atom. The van der Waals surface area contributed by atoms with Crippen LogP contribution < -0.4 is 32.8 Å². The molecule has 2 heterocycles. The molecule has 0 spiro atoms. The molecule has 0 aromatic heterocycles. The summed E-state index contributed by atoms with van der Waals surface area (Å²) in [4.78, 5) is 0. The number of rotatable bonds is 3. The fraction of sp³-hybridized carbons (Fsp3) is 0.429. The predicted molar refractivity (Wildman–Crippen MR) is 101 cm³/mol. The normalized spacial score (nSPS) is 21.3. The molecule has 1 unspecified atom stereocenters. The first-order valence-electron chi connectivity index (χ1n) is 9.74. The molecule has 2 aromatic carbocycles. The summed E-state index contributed by atoms with van der Waals surface area (Å²) in [5.74, 6) is 1.85. The monoisotopic (exact) mass is 471 g/mol. The summed E-state index contributed by atoms with van der Waals surface area (Å²) < 4.78 is 50.8. The highest BCUT2D eigenvalue weighted by molar-refractivity contribution is 5.60. The second-order valence-corrected chi connectivity index (χ2v) is 8.75. The highest BCUT2D eigenvalue weighted by atomic mass is 35.7. The Bertz CT molecular complexity index is 1000. The number of nitrogens with zero attached hydrogens (tertiary/aromatic N) is 1. The molecule has 2 aliphatic heterocycles. The Labute approximate surface area is 187 Å². The minimum absolute atomic E-state index is 0.0915. The number of phenols is 2. The van der Waals surface area contributed by atoms with Crippen LogP contribution in [0.1, 0.15) is 28.3 Å². The molecule has 2 aliphatic rings. The highest BCUT2D eigenvalue weighted by Crippen LogP contribution is 2.52. The van der Waals surface area contributed by atoms with Gasteiger partial charge in [-0.2, -0.15) is 0 Å². The van der Waals surface area contributed by atoms with Crippen LogP contribution >= 0.6 is 0 Å². The van der Waals surface area contributed by atoms with Crippen LogP contribution in [0.15, 0.2) is 18.2 Å². The number of hydrogen-bond acceptors (Lipinski definition) is 9. The van der Waals surface area contributed by atoms with E-state index in [1.165, 1.54) is 0 Å². The van der Waals surface area contributed by atoms with Crippen molar-refractivity contribution >= 4 is 0 Å². The van der Waals surface area contributed by atoms with Gasteiger partial charge in [-0.3, -0.25) is 0 Å². The molecular weight excluding hydrogens is 446 g/mol. The van der Waals surface area contributed by atoms with E-state index in [9.17, 15) is 10.2 Å². The number of methoxy groups -OCH3 is 3. The maximum absolute atomic E-state index is 11.0. The van der Waals surface area contributed by atoms with Gasteiger partial charge in [0.15, 0.2) is 23.0 Å². The van der Waals surface area contributed by atoms with Crippen molar-refractivity contribution in [1.29, 1.82) is 0 Å². The average molecular weight is 472 g/mol. The van der Waals surface area contributed by atoms with Crippen LogP contribution in [0.3, 0.4) is 0 Å². The highest BCUT2D eigenvalue weighted by Gasteiger charge is 2.46. The van der Waals surface area contributed by atoms with E-state index in [0.29, 0.717) is 23.8 Å². The van der Waals surface area contributed by atoms with E-state index in [0.717, 1.165) is 46.1 Å². The van der Waals surface area contributed by atoms with Crippen LogP contribution in [0, 0.1) is 10.2 Å². The van der Waals surface area contributed by atoms with Crippen LogP contribution in [0.4, 0.5) is 0 Å². The second kappa shape index (κ2) is 8.81. The van der Waals surface area contributed by atoms with Gasteiger partial charge in [0.25, 0.3) is 0 Å². The molecule has 176 valence electrons. The van der Waals surface area contributed by atoms with Crippen molar-refractivity contribution in [3.63, 3.8) is 0 Å². The lowest BCUT2D eigenvalue weighted by Crippen LogP contribution is -2.68. The molecule has 0 amide bonds. The number of fused-ring (bicyclic) bond motifs is 4. The van der Waals surface area contributed by atoms with Crippen LogP contribution in [0.25, 0.3) is 0 Å². The van der Waals surface area contributed by atoms with E-state index < -0.39 is 10.2 Å². The van der Waals surface area contributed by atoms with Gasteiger partial charge >= 0.3 is 0 Å². The zero-order valence-electron chi connectivity index (χ0n) is 18.2. The molecule has 32 heavy (non-hydrogen) atoms. The van der Waals surface area contributed by atoms with Crippen molar-refractivity contribution in [2.75, 3.05) is 34.9 Å². The number of quaternary nitrogens is 1. The van der Waals surface area contributed by atoms with Crippen LogP contribution in [-0.4, -0.2) is 49.6 Å². The molecule has 10 nitrogen and oxygen atoms in total. The van der Waals surface area contributed by atoms with E-state index in [4.69, 9.17) is 32.8 Å². The first kappa shape index (κ1) is 24.2. The SMILES string of the molecule is COc1ccc2c(c1O)C[N+]1(C)CCc3cc(OC)c(OC)c(O)c3[C@@H]1C2.[O-][Cl+3]([O-])([O-])[O-]. The van der Waals surface area contributed by atoms with Gasteiger partial charge in [0.2, 0.25) is 5.75 Å². The fourth-order valence-corrected chi connectivity index (χ4v) is 4.73. The lowest BCUT2D eigenvalue weighted by molar-refractivity contribution is -2.00. The van der Waals surface area contributed by atoms with Crippen molar-refractivity contribution in [1.82, 2.24) is 0 Å². The van der Waals surface area contributed by atoms with Crippen LogP contribution in [0.2, 0.25) is 0 Å². The molecule has 2 atom stereocenters. The Kier molecular flexibility index (Phi) is 6.66. The molecule has 0 radical (unpaired) electrons. The quantitative estimate of drug-likeness (QED) is 0.490. The fourth-order valence-electron chi connectivity index (χ4n) is 4.73. The minimum Gasteiger partial charge on any atom is -0.504 e. The minimum atomic E-state index is -4.94. The van der Waals surface area contributed by atoms with E-state index >= 15 is 0 Å². The molecule has 4 rings (SSSR count). The first-order chi connectivity index (χ1) is 14.9. The standard InChI is InChI=1S/C21H25NO5.ClHO4/c1-22-8-7-13-10-17(26-3)21(27-4)20(24)18(13)15(22)9-12-5-6-16(25-2)19(23)14(12)11-22;2-1(3,4)5/h5-6,10,15H,7-9,11H2,1-4H3,(H-,23,24);(H,2,3,4,5)/t15-,22?;/m0./s1. The Morgan fingerprint density at radius 2 is 1.56 bits per heavy atom. The Hall–Kier alpha value is -2.47. The summed E-state index contributed by atoms with van der Waals surface area (Å²) in [6.07, 6.45) is 1.57. The van der Waals surface area contributed by atoms with Crippen molar-refractivity contribution in [2.45, 2.75) is 25.4 Å². The molecule has 2 N–H and O–H groups in total. The summed E-state index contributed by atoms with van der Waals surface area (Å²) in [7, 11) is 1.94. The van der Waals surface area contributed by atoms with E-state index in [2.05, 4.69) is 7.05 Å². The zero-order chi connectivity index (χ0) is 23.8. The van der Waals surface area contributed by atoms with Crippen molar-refractivity contribution in [3.8, 4) is 28.7 Å². The van der Waals surface area contributed by atoms with E-state index in [-0.39, 0.29) is 17.5 Å². The molecule has 0 saturated carbocycles. The molecule has 0 saturated heterocycles. The Balaban J connectivity index is 0.000000523. The summed E-state index contributed by atoms with van der Waals surface area (Å²) in [6, 6.07) is 5.90. The largest absolute Gasteiger partial charge is 0.504 e. The van der Waals surface area contributed by atoms with Crippen molar-refractivity contribution in [2.24, 2.45) is 0 Å². The predicted octanol–water partition coefficient (Wildman–Crippen LogP) is -1.83. The van der Waals surface area contributed by atoms with Gasteiger partial charge in [-0.05, 0) is 23.3 Å². The molecule has 0 aliphatic carbocycles. The summed E-state index contributed by atoms with van der Waals surface area (Å²) >= 11 is 0. The average Bonchev–Trinajstić information content (AvgIpc) is 2.71. The van der Waals surface area contributed by atoms with Gasteiger partial charge in [0.1, 0.15) is 12.6 Å². The third-order valence-corrected chi connectivity index (χ3v) is 6.24.